The summed E-state index contributed by atoms with van der Waals surface area (Å²) < 4.78 is 1.71. The van der Waals surface area contributed by atoms with Crippen molar-refractivity contribution >= 4 is 23.3 Å². The van der Waals surface area contributed by atoms with Gasteiger partial charge in [-0.3, -0.25) is 4.68 Å². The first-order valence-electron chi connectivity index (χ1n) is 6.37. The van der Waals surface area contributed by atoms with Crippen molar-refractivity contribution < 1.29 is 9.90 Å². The minimum Gasteiger partial charge on any atom is -0.465 e. The molecular weight excluding hydrogens is 292 g/mol. The van der Waals surface area contributed by atoms with Crippen LogP contribution in [0.5, 0.6) is 0 Å². The molecule has 7 heteroatoms. The molecule has 21 heavy (non-hydrogen) atoms. The lowest BCUT2D eigenvalue weighted by Gasteiger charge is -2.11. The van der Waals surface area contributed by atoms with Crippen LogP contribution in [-0.2, 0) is 7.05 Å². The minimum absolute atomic E-state index is 0.329. The number of aryl methyl sites for hydroxylation is 1. The molecule has 0 spiro atoms. The smallest absolute Gasteiger partial charge is 0.407 e. The first kappa shape index (κ1) is 13.6. The summed E-state index contributed by atoms with van der Waals surface area (Å²) in [5.41, 5.74) is 3.42. The van der Waals surface area contributed by atoms with E-state index in [0.29, 0.717) is 23.9 Å². The largest absolute Gasteiger partial charge is 0.465 e. The van der Waals surface area contributed by atoms with Crippen LogP contribution in [0.15, 0.2) is 30.6 Å². The molecule has 0 saturated carbocycles. The van der Waals surface area contributed by atoms with Crippen molar-refractivity contribution in [2.75, 3.05) is 13.1 Å². The summed E-state index contributed by atoms with van der Waals surface area (Å²) in [7, 11) is 1.84. The van der Waals surface area contributed by atoms with E-state index < -0.39 is 6.09 Å². The summed E-state index contributed by atoms with van der Waals surface area (Å²) in [6, 6.07) is 3.67. The lowest BCUT2D eigenvalue weighted by atomic mass is 10.1. The molecule has 0 fully saturated rings. The Balaban J connectivity index is 1.94. The number of aromatic nitrogens is 3. The third kappa shape index (κ3) is 2.75. The van der Waals surface area contributed by atoms with Crippen molar-refractivity contribution in [3.63, 3.8) is 0 Å². The molecule has 0 aromatic carbocycles. The van der Waals surface area contributed by atoms with E-state index in [9.17, 15) is 4.79 Å². The maximum Gasteiger partial charge on any atom is 0.407 e. The zero-order valence-corrected chi connectivity index (χ0v) is 12.1. The van der Waals surface area contributed by atoms with Crippen LogP contribution < -0.4 is 0 Å². The molecule has 1 amide bonds. The third-order valence-electron chi connectivity index (χ3n) is 3.35. The van der Waals surface area contributed by atoms with Crippen LogP contribution in [0, 0.1) is 0 Å². The number of halogens is 1. The number of amides is 1. The second-order valence-electron chi connectivity index (χ2n) is 4.86. The molecule has 0 atom stereocenters. The summed E-state index contributed by atoms with van der Waals surface area (Å²) in [4.78, 5) is 16.6. The van der Waals surface area contributed by atoms with Crippen LogP contribution in [0.4, 0.5) is 4.79 Å². The predicted molar refractivity (Wildman–Crippen MR) is 79.0 cm³/mol. The summed E-state index contributed by atoms with van der Waals surface area (Å²) >= 11 is 6.09. The van der Waals surface area contributed by atoms with Crippen LogP contribution >= 0.6 is 11.6 Å². The van der Waals surface area contributed by atoms with Gasteiger partial charge in [0, 0.05) is 25.4 Å². The molecule has 2 aromatic rings. The van der Waals surface area contributed by atoms with E-state index in [0.717, 1.165) is 16.7 Å². The molecule has 1 aliphatic rings. The maximum absolute atomic E-state index is 11.0. The first-order valence-corrected chi connectivity index (χ1v) is 6.74. The third-order valence-corrected chi connectivity index (χ3v) is 3.54. The zero-order valence-electron chi connectivity index (χ0n) is 11.3. The molecular formula is C14H13ClN4O2. The lowest BCUT2D eigenvalue weighted by molar-refractivity contribution is 0.158. The van der Waals surface area contributed by atoms with Crippen LogP contribution in [0.1, 0.15) is 5.69 Å². The van der Waals surface area contributed by atoms with Gasteiger partial charge in [0.25, 0.3) is 0 Å². The molecule has 3 heterocycles. The highest BCUT2D eigenvalue weighted by Gasteiger charge is 2.21. The van der Waals surface area contributed by atoms with Crippen LogP contribution in [0.3, 0.4) is 0 Å². The van der Waals surface area contributed by atoms with Crippen molar-refractivity contribution in [2.45, 2.75) is 0 Å². The normalized spacial score (nSPS) is 14.4. The fourth-order valence-electron chi connectivity index (χ4n) is 2.28. The van der Waals surface area contributed by atoms with Gasteiger partial charge in [-0.25, -0.2) is 9.78 Å². The van der Waals surface area contributed by atoms with Gasteiger partial charge in [-0.2, -0.15) is 5.10 Å². The Morgan fingerprint density at radius 3 is 2.81 bits per heavy atom. The Hall–Kier alpha value is -2.34. The molecule has 1 aliphatic heterocycles. The SMILES string of the molecule is Cn1cc(-c2cc(Cl)nc(C3=CCN(C(=O)O)C3)c2)cn1. The summed E-state index contributed by atoms with van der Waals surface area (Å²) in [5, 5.41) is 13.5. The Morgan fingerprint density at radius 1 is 1.38 bits per heavy atom. The van der Waals surface area contributed by atoms with E-state index in [1.807, 2.05) is 25.4 Å². The Kier molecular flexibility index (Phi) is 3.39. The summed E-state index contributed by atoms with van der Waals surface area (Å²) in [6.45, 7) is 0.705. The summed E-state index contributed by atoms with van der Waals surface area (Å²) in [6.07, 6.45) is 4.57. The topological polar surface area (TPSA) is 71.2 Å². The van der Waals surface area contributed by atoms with Crippen LogP contribution in [0.25, 0.3) is 16.7 Å². The highest BCUT2D eigenvalue weighted by atomic mass is 35.5. The number of rotatable bonds is 2. The van der Waals surface area contributed by atoms with E-state index >= 15 is 0 Å². The molecule has 0 aliphatic carbocycles. The number of carboxylic acid groups (broad SMARTS) is 1. The second-order valence-corrected chi connectivity index (χ2v) is 5.25. The van der Waals surface area contributed by atoms with E-state index in [2.05, 4.69) is 10.1 Å². The second kappa shape index (κ2) is 5.21. The van der Waals surface area contributed by atoms with Crippen molar-refractivity contribution in [1.82, 2.24) is 19.7 Å². The molecule has 0 saturated heterocycles. The van der Waals surface area contributed by atoms with Crippen molar-refractivity contribution in [1.29, 1.82) is 0 Å². The zero-order chi connectivity index (χ0) is 15.0. The Labute approximate surface area is 126 Å². The fourth-order valence-corrected chi connectivity index (χ4v) is 2.49. The maximum atomic E-state index is 11.0. The van der Waals surface area contributed by atoms with Crippen LogP contribution in [-0.4, -0.2) is 44.0 Å². The van der Waals surface area contributed by atoms with Gasteiger partial charge < -0.3 is 10.0 Å². The van der Waals surface area contributed by atoms with Crippen LogP contribution in [0.2, 0.25) is 5.15 Å². The van der Waals surface area contributed by atoms with E-state index in [-0.39, 0.29) is 0 Å². The molecule has 6 nitrogen and oxygen atoms in total. The Morgan fingerprint density at radius 2 is 2.19 bits per heavy atom. The predicted octanol–water partition coefficient (Wildman–Crippen LogP) is 2.51. The Bertz CT molecular complexity index is 738. The molecule has 0 bridgehead atoms. The number of hydrogen-bond donors (Lipinski definition) is 1. The molecule has 108 valence electrons. The average molecular weight is 305 g/mol. The van der Waals surface area contributed by atoms with E-state index in [1.165, 1.54) is 4.90 Å². The van der Waals surface area contributed by atoms with Gasteiger partial charge in [0.05, 0.1) is 18.4 Å². The molecule has 0 unspecified atom stereocenters. The highest BCUT2D eigenvalue weighted by molar-refractivity contribution is 6.29. The van der Waals surface area contributed by atoms with Gasteiger partial charge in [0.1, 0.15) is 5.15 Å². The number of hydrogen-bond acceptors (Lipinski definition) is 3. The molecule has 2 aromatic heterocycles. The van der Waals surface area contributed by atoms with Gasteiger partial charge >= 0.3 is 6.09 Å². The van der Waals surface area contributed by atoms with Crippen molar-refractivity contribution in [2.24, 2.45) is 7.05 Å². The average Bonchev–Trinajstić information content (AvgIpc) is 3.06. The van der Waals surface area contributed by atoms with Gasteiger partial charge in [-0.15, -0.1) is 0 Å². The monoisotopic (exact) mass is 304 g/mol. The van der Waals surface area contributed by atoms with Gasteiger partial charge in [-0.1, -0.05) is 17.7 Å². The van der Waals surface area contributed by atoms with Gasteiger partial charge in [0.15, 0.2) is 0 Å². The number of nitrogens with zero attached hydrogens (tertiary/aromatic N) is 4. The quantitative estimate of drug-likeness (QED) is 0.865. The van der Waals surface area contributed by atoms with E-state index in [4.69, 9.17) is 16.7 Å². The number of pyridine rings is 1. The molecule has 1 N–H and O–H groups in total. The highest BCUT2D eigenvalue weighted by Crippen LogP contribution is 2.27. The lowest BCUT2D eigenvalue weighted by Crippen LogP contribution is -2.26. The summed E-state index contributed by atoms with van der Waals surface area (Å²) in [5.74, 6) is 0. The number of carbonyl (C=O) groups is 1. The van der Waals surface area contributed by atoms with Crippen molar-refractivity contribution in [3.05, 3.63) is 41.4 Å². The van der Waals surface area contributed by atoms with Gasteiger partial charge in [-0.05, 0) is 23.3 Å². The minimum atomic E-state index is -0.934. The molecule has 0 radical (unpaired) electrons. The van der Waals surface area contributed by atoms with E-state index in [1.54, 1.807) is 16.9 Å². The fraction of sp³-hybridized carbons (Fsp3) is 0.214. The first-order chi connectivity index (χ1) is 10.0. The molecule has 3 rings (SSSR count). The standard InChI is InChI=1S/C14H13ClN4O2/c1-18-7-11(6-16-18)10-4-12(17-13(15)5-10)9-2-3-19(8-9)14(20)21/h2,4-7H,3,8H2,1H3,(H,20,21). The van der Waals surface area contributed by atoms with Crippen molar-refractivity contribution in [3.8, 4) is 11.1 Å². The van der Waals surface area contributed by atoms with Gasteiger partial charge in [0.2, 0.25) is 0 Å².